The monoisotopic (exact) mass is 359 g/mol. The molecule has 25 heavy (non-hydrogen) atoms. The van der Waals surface area contributed by atoms with Crippen molar-refractivity contribution in [2.45, 2.75) is 12.5 Å². The van der Waals surface area contributed by atoms with E-state index in [1.807, 2.05) is 35.9 Å². The maximum absolute atomic E-state index is 12.7. The number of ether oxygens (including phenoxy) is 1. The Balaban J connectivity index is 1.51. The molecule has 7 nitrogen and oxygen atoms in total. The first-order valence-corrected chi connectivity index (χ1v) is 8.52. The molecule has 2 atom stereocenters. The molecular formula is C17H18ClN5O2. The first-order chi connectivity index (χ1) is 12.2. The summed E-state index contributed by atoms with van der Waals surface area (Å²) in [6, 6.07) is 7.70. The van der Waals surface area contributed by atoms with E-state index < -0.39 is 0 Å². The number of aryl methyl sites for hydroxylation is 1. The lowest BCUT2D eigenvalue weighted by atomic mass is 10.0. The number of carbonyl (C=O) groups is 1. The number of nitrogens with zero attached hydrogens (tertiary/aromatic N) is 3. The maximum Gasteiger partial charge on any atom is 0.269 e. The molecule has 0 saturated carbocycles. The first-order valence-electron chi connectivity index (χ1n) is 8.14. The molecule has 0 bridgehead atoms. The van der Waals surface area contributed by atoms with Crippen molar-refractivity contribution in [3.8, 4) is 0 Å². The Hall–Kier alpha value is -2.38. The summed E-state index contributed by atoms with van der Waals surface area (Å²) in [6.45, 7) is 1.13. The SMILES string of the molecule is Cn1c(C(=O)NC[C@@H]2CCO[C@@H]2c2ncn[nH]2)c(Cl)c2ccccc21. The van der Waals surface area contributed by atoms with E-state index in [4.69, 9.17) is 16.3 Å². The molecular weight excluding hydrogens is 342 g/mol. The number of para-hydroxylation sites is 1. The molecule has 3 heterocycles. The van der Waals surface area contributed by atoms with Gasteiger partial charge in [-0.3, -0.25) is 9.89 Å². The molecule has 0 aliphatic carbocycles. The predicted molar refractivity (Wildman–Crippen MR) is 93.4 cm³/mol. The van der Waals surface area contributed by atoms with Gasteiger partial charge in [0.2, 0.25) is 0 Å². The summed E-state index contributed by atoms with van der Waals surface area (Å²) in [7, 11) is 1.85. The van der Waals surface area contributed by atoms with E-state index in [2.05, 4.69) is 20.5 Å². The smallest absolute Gasteiger partial charge is 0.269 e. The van der Waals surface area contributed by atoms with Crippen molar-refractivity contribution in [3.05, 3.63) is 47.1 Å². The zero-order valence-corrected chi connectivity index (χ0v) is 14.5. The van der Waals surface area contributed by atoms with Crippen molar-refractivity contribution >= 4 is 28.4 Å². The molecule has 0 spiro atoms. The number of H-pyrrole nitrogens is 1. The summed E-state index contributed by atoms with van der Waals surface area (Å²) < 4.78 is 7.55. The fourth-order valence-electron chi connectivity index (χ4n) is 3.40. The number of hydrogen-bond acceptors (Lipinski definition) is 4. The average molecular weight is 360 g/mol. The molecule has 1 aliphatic rings. The summed E-state index contributed by atoms with van der Waals surface area (Å²) in [5.74, 6) is 0.650. The molecule has 1 fully saturated rings. The van der Waals surface area contributed by atoms with Crippen molar-refractivity contribution < 1.29 is 9.53 Å². The van der Waals surface area contributed by atoms with Crippen LogP contribution < -0.4 is 5.32 Å². The van der Waals surface area contributed by atoms with Crippen LogP contribution in [0.25, 0.3) is 10.9 Å². The van der Waals surface area contributed by atoms with E-state index in [0.717, 1.165) is 17.3 Å². The number of nitrogens with one attached hydrogen (secondary N) is 2. The van der Waals surface area contributed by atoms with Crippen LogP contribution in [0, 0.1) is 5.92 Å². The van der Waals surface area contributed by atoms with Gasteiger partial charge < -0.3 is 14.6 Å². The lowest BCUT2D eigenvalue weighted by Gasteiger charge is -2.17. The Labute approximate surface area is 149 Å². The van der Waals surface area contributed by atoms with Crippen LogP contribution in [0.1, 0.15) is 28.8 Å². The summed E-state index contributed by atoms with van der Waals surface area (Å²) in [5.41, 5.74) is 1.40. The van der Waals surface area contributed by atoms with Gasteiger partial charge in [-0.1, -0.05) is 29.8 Å². The number of rotatable bonds is 4. The minimum Gasteiger partial charge on any atom is -0.370 e. The molecule has 0 radical (unpaired) electrons. The summed E-state index contributed by atoms with van der Waals surface area (Å²) in [6.07, 6.45) is 2.14. The van der Waals surface area contributed by atoms with Gasteiger partial charge in [0.15, 0.2) is 5.82 Å². The number of halogens is 1. The highest BCUT2D eigenvalue weighted by atomic mass is 35.5. The van der Waals surface area contributed by atoms with E-state index in [1.54, 1.807) is 0 Å². The van der Waals surface area contributed by atoms with Crippen molar-refractivity contribution in [3.63, 3.8) is 0 Å². The van der Waals surface area contributed by atoms with Gasteiger partial charge >= 0.3 is 0 Å². The fraction of sp³-hybridized carbons (Fsp3) is 0.353. The van der Waals surface area contributed by atoms with Gasteiger partial charge in [-0.2, -0.15) is 5.10 Å². The molecule has 8 heteroatoms. The topological polar surface area (TPSA) is 84.8 Å². The maximum atomic E-state index is 12.7. The number of aromatic nitrogens is 4. The van der Waals surface area contributed by atoms with Crippen LogP contribution in [0.2, 0.25) is 5.02 Å². The summed E-state index contributed by atoms with van der Waals surface area (Å²) in [4.78, 5) is 16.9. The van der Waals surface area contributed by atoms with Crippen LogP contribution >= 0.6 is 11.6 Å². The normalized spacial score (nSPS) is 20.2. The van der Waals surface area contributed by atoms with Crippen molar-refractivity contribution in [1.82, 2.24) is 25.1 Å². The molecule has 1 aromatic carbocycles. The summed E-state index contributed by atoms with van der Waals surface area (Å²) in [5, 5.41) is 11.0. The van der Waals surface area contributed by atoms with E-state index in [9.17, 15) is 4.79 Å². The first kappa shape index (κ1) is 16.1. The van der Waals surface area contributed by atoms with Crippen LogP contribution in [0.3, 0.4) is 0 Å². The molecule has 130 valence electrons. The van der Waals surface area contributed by atoms with Crippen molar-refractivity contribution in [2.24, 2.45) is 13.0 Å². The Kier molecular flexibility index (Phi) is 4.19. The largest absolute Gasteiger partial charge is 0.370 e. The third-order valence-electron chi connectivity index (χ3n) is 4.70. The van der Waals surface area contributed by atoms with Gasteiger partial charge in [0, 0.05) is 37.0 Å². The molecule has 1 amide bonds. The van der Waals surface area contributed by atoms with E-state index >= 15 is 0 Å². The second kappa shape index (κ2) is 6.50. The van der Waals surface area contributed by atoms with E-state index in [1.165, 1.54) is 6.33 Å². The van der Waals surface area contributed by atoms with E-state index in [-0.39, 0.29) is 17.9 Å². The van der Waals surface area contributed by atoms with Gasteiger partial charge in [-0.15, -0.1) is 0 Å². The molecule has 1 aliphatic heterocycles. The third-order valence-corrected chi connectivity index (χ3v) is 5.09. The lowest BCUT2D eigenvalue weighted by molar-refractivity contribution is 0.0796. The lowest BCUT2D eigenvalue weighted by Crippen LogP contribution is -2.32. The van der Waals surface area contributed by atoms with E-state index in [0.29, 0.717) is 29.7 Å². The second-order valence-electron chi connectivity index (χ2n) is 6.16. The van der Waals surface area contributed by atoms with Crippen LogP contribution in [-0.2, 0) is 11.8 Å². The Morgan fingerprint density at radius 1 is 1.48 bits per heavy atom. The van der Waals surface area contributed by atoms with Crippen LogP contribution in [0.15, 0.2) is 30.6 Å². The quantitative estimate of drug-likeness (QED) is 0.749. The second-order valence-corrected chi connectivity index (χ2v) is 6.54. The van der Waals surface area contributed by atoms with Crippen molar-refractivity contribution in [2.75, 3.05) is 13.2 Å². The molecule has 3 aromatic rings. The number of fused-ring (bicyclic) bond motifs is 1. The van der Waals surface area contributed by atoms with Gasteiger partial charge in [0.05, 0.1) is 5.02 Å². The van der Waals surface area contributed by atoms with Gasteiger partial charge in [0.25, 0.3) is 5.91 Å². The number of hydrogen-bond donors (Lipinski definition) is 2. The zero-order chi connectivity index (χ0) is 17.4. The Bertz CT molecular complexity index is 866. The number of aromatic amines is 1. The highest BCUT2D eigenvalue weighted by Gasteiger charge is 2.32. The average Bonchev–Trinajstić information content (AvgIpc) is 3.34. The minimum absolute atomic E-state index is 0.144. The van der Waals surface area contributed by atoms with Crippen LogP contribution in [-0.4, -0.2) is 38.8 Å². The third kappa shape index (κ3) is 2.79. The molecule has 4 rings (SSSR count). The standard InChI is InChI=1S/C17H18ClN5O2/c1-23-12-5-3-2-4-11(12)13(18)14(23)17(24)19-8-10-6-7-25-15(10)16-20-9-21-22-16/h2-5,9-10,15H,6-8H2,1H3,(H,19,24)(H,20,21,22)/t10-,15-/m0/s1. The Morgan fingerprint density at radius 2 is 2.32 bits per heavy atom. The molecule has 2 aromatic heterocycles. The fourth-order valence-corrected chi connectivity index (χ4v) is 3.78. The predicted octanol–water partition coefficient (Wildman–Crippen LogP) is 2.46. The number of benzene rings is 1. The number of carbonyl (C=O) groups excluding carboxylic acids is 1. The van der Waals surface area contributed by atoms with Gasteiger partial charge in [-0.25, -0.2) is 4.98 Å². The summed E-state index contributed by atoms with van der Waals surface area (Å²) >= 11 is 6.43. The van der Waals surface area contributed by atoms with Gasteiger partial charge in [0.1, 0.15) is 18.1 Å². The Morgan fingerprint density at radius 3 is 3.08 bits per heavy atom. The van der Waals surface area contributed by atoms with Crippen LogP contribution in [0.4, 0.5) is 0 Å². The van der Waals surface area contributed by atoms with Crippen LogP contribution in [0.5, 0.6) is 0 Å². The zero-order valence-electron chi connectivity index (χ0n) is 13.7. The van der Waals surface area contributed by atoms with Gasteiger partial charge in [-0.05, 0) is 12.5 Å². The molecule has 1 saturated heterocycles. The highest BCUT2D eigenvalue weighted by Crippen LogP contribution is 2.33. The highest BCUT2D eigenvalue weighted by molar-refractivity contribution is 6.38. The number of amides is 1. The molecule has 0 unspecified atom stereocenters. The van der Waals surface area contributed by atoms with Crippen molar-refractivity contribution in [1.29, 1.82) is 0 Å². The minimum atomic E-state index is -0.188. The molecule has 2 N–H and O–H groups in total.